The Hall–Kier alpha value is -0.560. The van der Waals surface area contributed by atoms with Crippen molar-refractivity contribution in [1.29, 1.82) is 0 Å². The third-order valence-electron chi connectivity index (χ3n) is 6.07. The molecule has 2 saturated heterocycles. The highest BCUT2D eigenvalue weighted by atomic mass is 16.7. The van der Waals surface area contributed by atoms with Gasteiger partial charge in [0.25, 0.3) is 0 Å². The summed E-state index contributed by atoms with van der Waals surface area (Å²) >= 11 is 0. The van der Waals surface area contributed by atoms with Crippen LogP contribution in [0.1, 0.15) is 6.42 Å². The summed E-state index contributed by atoms with van der Waals surface area (Å²) in [5.74, 6) is 0. The predicted molar refractivity (Wildman–Crippen MR) is 99.8 cm³/mol. The summed E-state index contributed by atoms with van der Waals surface area (Å²) in [6.07, 6.45) is -14.5. The quantitative estimate of drug-likeness (QED) is 0.179. The fraction of sp³-hybridized carbons (Fsp3) is 1.00. The van der Waals surface area contributed by atoms with E-state index in [1.54, 1.807) is 0 Å². The Morgan fingerprint density at radius 1 is 0.645 bits per heavy atom. The molecule has 182 valence electrons. The lowest BCUT2D eigenvalue weighted by Crippen LogP contribution is -2.68. The number of nitrogens with two attached hydrogens (primary N) is 3. The van der Waals surface area contributed by atoms with Crippen molar-refractivity contribution in [2.24, 2.45) is 17.2 Å². The number of aliphatic hydroxyl groups is 7. The highest BCUT2D eigenvalue weighted by Crippen LogP contribution is 2.31. The zero-order valence-electron chi connectivity index (χ0n) is 16.7. The summed E-state index contributed by atoms with van der Waals surface area (Å²) in [6.45, 7) is -1.22. The topological polar surface area (TPSA) is 257 Å². The van der Waals surface area contributed by atoms with Crippen LogP contribution in [0.2, 0.25) is 0 Å². The SMILES string of the molecule is NC1C(O[C@@H]2O[C@H](CO)C(O)C2O)[C@H](O)C(CO)O[C@@H]1O[C@@H]1C(N)C[C@@H](N)[C@@H](O)C1O. The molecule has 14 atom stereocenters. The van der Waals surface area contributed by atoms with Gasteiger partial charge >= 0.3 is 0 Å². The number of hydrogen-bond donors (Lipinski definition) is 10. The molecular formula is C17H33N3O11. The molecule has 2 heterocycles. The van der Waals surface area contributed by atoms with E-state index in [0.717, 1.165) is 0 Å². The molecule has 0 radical (unpaired) electrons. The normalized spacial score (nSPS) is 53.6. The van der Waals surface area contributed by atoms with Gasteiger partial charge in [-0.05, 0) is 6.42 Å². The van der Waals surface area contributed by atoms with Gasteiger partial charge in [-0.3, -0.25) is 0 Å². The van der Waals surface area contributed by atoms with Crippen molar-refractivity contribution in [2.45, 2.75) is 92.1 Å². The van der Waals surface area contributed by atoms with Gasteiger partial charge in [0.15, 0.2) is 12.6 Å². The van der Waals surface area contributed by atoms with Crippen molar-refractivity contribution in [2.75, 3.05) is 13.2 Å². The molecule has 0 spiro atoms. The molecule has 3 aliphatic rings. The van der Waals surface area contributed by atoms with E-state index >= 15 is 0 Å². The molecular weight excluding hydrogens is 422 g/mol. The maximum atomic E-state index is 10.5. The molecule has 31 heavy (non-hydrogen) atoms. The molecule has 0 aromatic rings. The van der Waals surface area contributed by atoms with E-state index in [1.807, 2.05) is 0 Å². The molecule has 2 aliphatic heterocycles. The molecule has 3 fully saturated rings. The van der Waals surface area contributed by atoms with Crippen LogP contribution in [-0.2, 0) is 18.9 Å². The second-order valence-corrected chi connectivity index (χ2v) is 8.25. The van der Waals surface area contributed by atoms with Gasteiger partial charge in [-0.25, -0.2) is 0 Å². The highest BCUT2D eigenvalue weighted by molar-refractivity contribution is 5.00. The molecule has 1 saturated carbocycles. The van der Waals surface area contributed by atoms with E-state index in [1.165, 1.54) is 0 Å². The molecule has 0 aromatic heterocycles. The van der Waals surface area contributed by atoms with Gasteiger partial charge < -0.3 is 71.9 Å². The zero-order valence-corrected chi connectivity index (χ0v) is 16.7. The van der Waals surface area contributed by atoms with E-state index in [2.05, 4.69) is 0 Å². The third-order valence-corrected chi connectivity index (χ3v) is 6.07. The number of hydrogen-bond acceptors (Lipinski definition) is 14. The Kier molecular flexibility index (Phi) is 8.21. The minimum Gasteiger partial charge on any atom is -0.394 e. The van der Waals surface area contributed by atoms with Crippen molar-refractivity contribution in [3.8, 4) is 0 Å². The van der Waals surface area contributed by atoms with Crippen LogP contribution in [0.4, 0.5) is 0 Å². The second-order valence-electron chi connectivity index (χ2n) is 8.25. The molecule has 14 nitrogen and oxygen atoms in total. The first-order valence-electron chi connectivity index (χ1n) is 10.1. The van der Waals surface area contributed by atoms with Gasteiger partial charge in [-0.1, -0.05) is 0 Å². The summed E-state index contributed by atoms with van der Waals surface area (Å²) in [6, 6.07) is -2.73. The minimum absolute atomic E-state index is 0.152. The van der Waals surface area contributed by atoms with Crippen LogP contribution in [0.15, 0.2) is 0 Å². The summed E-state index contributed by atoms with van der Waals surface area (Å²) in [5, 5.41) is 69.7. The smallest absolute Gasteiger partial charge is 0.187 e. The first-order valence-corrected chi connectivity index (χ1v) is 10.1. The van der Waals surface area contributed by atoms with Crippen molar-refractivity contribution < 1.29 is 54.7 Å². The van der Waals surface area contributed by atoms with Crippen LogP contribution in [0.5, 0.6) is 0 Å². The van der Waals surface area contributed by atoms with Crippen LogP contribution in [0.25, 0.3) is 0 Å². The largest absolute Gasteiger partial charge is 0.394 e. The van der Waals surface area contributed by atoms with Crippen LogP contribution >= 0.6 is 0 Å². The van der Waals surface area contributed by atoms with Gasteiger partial charge in [-0.15, -0.1) is 0 Å². The number of aliphatic hydroxyl groups excluding tert-OH is 7. The maximum Gasteiger partial charge on any atom is 0.187 e. The van der Waals surface area contributed by atoms with Gasteiger partial charge in [0.05, 0.1) is 25.4 Å². The molecule has 0 aromatic carbocycles. The maximum absolute atomic E-state index is 10.5. The second kappa shape index (κ2) is 10.1. The predicted octanol–water partition coefficient (Wildman–Crippen LogP) is -6.62. The average Bonchev–Trinajstić information content (AvgIpc) is 3.01. The monoisotopic (exact) mass is 455 g/mol. The molecule has 14 heteroatoms. The van der Waals surface area contributed by atoms with Gasteiger partial charge in [0.1, 0.15) is 48.8 Å². The highest BCUT2D eigenvalue weighted by Gasteiger charge is 2.52. The van der Waals surface area contributed by atoms with Crippen LogP contribution in [-0.4, -0.2) is 135 Å². The van der Waals surface area contributed by atoms with Gasteiger partial charge in [0.2, 0.25) is 0 Å². The summed E-state index contributed by atoms with van der Waals surface area (Å²) in [5.41, 5.74) is 17.9. The minimum atomic E-state index is -1.53. The Labute approximate surface area is 178 Å². The van der Waals surface area contributed by atoms with Crippen LogP contribution in [0, 0.1) is 0 Å². The van der Waals surface area contributed by atoms with E-state index in [9.17, 15) is 35.7 Å². The zero-order chi connectivity index (χ0) is 23.0. The van der Waals surface area contributed by atoms with E-state index in [0.29, 0.717) is 0 Å². The molecule has 0 bridgehead atoms. The Bertz CT molecular complexity index is 592. The molecule has 1 aliphatic carbocycles. The summed E-state index contributed by atoms with van der Waals surface area (Å²) in [7, 11) is 0. The Morgan fingerprint density at radius 2 is 1.19 bits per heavy atom. The number of ether oxygens (including phenoxy) is 4. The lowest BCUT2D eigenvalue weighted by Gasteiger charge is -2.47. The van der Waals surface area contributed by atoms with Crippen molar-refractivity contribution >= 4 is 0 Å². The molecule has 0 amide bonds. The first-order chi connectivity index (χ1) is 14.6. The van der Waals surface area contributed by atoms with Crippen molar-refractivity contribution in [1.82, 2.24) is 0 Å². The third kappa shape index (κ3) is 4.87. The molecule has 13 N–H and O–H groups in total. The number of rotatable bonds is 6. The average molecular weight is 455 g/mol. The molecule has 3 rings (SSSR count). The van der Waals surface area contributed by atoms with E-state index in [-0.39, 0.29) is 6.42 Å². The standard InChI is InChI=1S/C17H33N3O11/c18-4-1-5(19)14(12(26)9(4)23)30-16-8(20)15(11(25)7(3-22)28-16)31-17-13(27)10(24)6(2-21)29-17/h4-17,21-27H,1-3,18-20H2/t4-,5?,6-,7?,8?,9-,10?,11-,12?,13?,14-,15?,16-,17+/m1/s1. The van der Waals surface area contributed by atoms with Crippen molar-refractivity contribution in [3.05, 3.63) is 0 Å². The van der Waals surface area contributed by atoms with Crippen molar-refractivity contribution in [3.63, 3.8) is 0 Å². The summed E-state index contributed by atoms with van der Waals surface area (Å²) in [4.78, 5) is 0. The van der Waals surface area contributed by atoms with Gasteiger partial charge in [-0.2, -0.15) is 0 Å². The van der Waals surface area contributed by atoms with E-state index in [4.69, 9.17) is 36.1 Å². The Balaban J connectivity index is 1.74. The lowest BCUT2D eigenvalue weighted by molar-refractivity contribution is -0.317. The first kappa shape index (κ1) is 25.1. The fourth-order valence-electron chi connectivity index (χ4n) is 4.14. The Morgan fingerprint density at radius 3 is 1.77 bits per heavy atom. The summed E-state index contributed by atoms with van der Waals surface area (Å²) < 4.78 is 22.1. The molecule has 7 unspecified atom stereocenters. The van der Waals surface area contributed by atoms with Gasteiger partial charge in [0, 0.05) is 12.1 Å². The van der Waals surface area contributed by atoms with Crippen LogP contribution in [0.3, 0.4) is 0 Å². The van der Waals surface area contributed by atoms with E-state index < -0.39 is 98.9 Å². The fourth-order valence-corrected chi connectivity index (χ4v) is 4.14. The van der Waals surface area contributed by atoms with Crippen LogP contribution < -0.4 is 17.2 Å². The lowest BCUT2D eigenvalue weighted by atomic mass is 9.84.